The van der Waals surface area contributed by atoms with Gasteiger partial charge in [-0.3, -0.25) is 4.79 Å². The fourth-order valence-corrected chi connectivity index (χ4v) is 3.47. The Bertz CT molecular complexity index is 843. The van der Waals surface area contributed by atoms with Crippen LogP contribution in [0.1, 0.15) is 33.9 Å². The van der Waals surface area contributed by atoms with Gasteiger partial charge in [-0.15, -0.1) is 0 Å². The Labute approximate surface area is 146 Å². The second-order valence-electron chi connectivity index (χ2n) is 6.12. The SMILES string of the molecule is COC(=O)c1ccc(C2=CN3C(=O)CCN3[C@@H]2c2ccccc2)cc1. The smallest absolute Gasteiger partial charge is 0.337 e. The van der Waals surface area contributed by atoms with Crippen LogP contribution in [0.3, 0.4) is 0 Å². The van der Waals surface area contributed by atoms with Gasteiger partial charge in [-0.25, -0.2) is 14.8 Å². The van der Waals surface area contributed by atoms with E-state index in [1.54, 1.807) is 17.1 Å². The molecule has 0 N–H and O–H groups in total. The molecule has 4 rings (SSSR count). The van der Waals surface area contributed by atoms with Gasteiger partial charge in [0.1, 0.15) is 0 Å². The number of esters is 1. The number of carbonyl (C=O) groups excluding carboxylic acids is 2. The lowest BCUT2D eigenvalue weighted by molar-refractivity contribution is -0.132. The van der Waals surface area contributed by atoms with E-state index >= 15 is 0 Å². The molecule has 0 aliphatic carbocycles. The van der Waals surface area contributed by atoms with E-state index in [-0.39, 0.29) is 17.9 Å². The molecule has 2 heterocycles. The van der Waals surface area contributed by atoms with E-state index in [0.29, 0.717) is 18.5 Å². The van der Waals surface area contributed by atoms with Gasteiger partial charge in [0.2, 0.25) is 5.91 Å². The van der Waals surface area contributed by atoms with Crippen molar-refractivity contribution >= 4 is 17.4 Å². The average Bonchev–Trinajstić information content (AvgIpc) is 3.22. The summed E-state index contributed by atoms with van der Waals surface area (Å²) in [6.45, 7) is 0.707. The summed E-state index contributed by atoms with van der Waals surface area (Å²) in [5, 5.41) is 3.82. The highest BCUT2D eigenvalue weighted by molar-refractivity contribution is 5.90. The molecule has 126 valence electrons. The van der Waals surface area contributed by atoms with Crippen LogP contribution in [0.4, 0.5) is 0 Å². The van der Waals surface area contributed by atoms with Gasteiger partial charge in [0.25, 0.3) is 0 Å². The number of hydrazine groups is 1. The molecule has 2 aromatic carbocycles. The molecule has 0 saturated carbocycles. The number of amides is 1. The first-order valence-corrected chi connectivity index (χ1v) is 8.23. The van der Waals surface area contributed by atoms with Crippen molar-refractivity contribution in [2.75, 3.05) is 13.7 Å². The van der Waals surface area contributed by atoms with Crippen molar-refractivity contribution in [3.8, 4) is 0 Å². The van der Waals surface area contributed by atoms with Gasteiger partial charge in [0.05, 0.1) is 18.7 Å². The summed E-state index contributed by atoms with van der Waals surface area (Å²) in [7, 11) is 1.37. The highest BCUT2D eigenvalue weighted by atomic mass is 16.5. The van der Waals surface area contributed by atoms with E-state index in [9.17, 15) is 9.59 Å². The number of hydrogen-bond donors (Lipinski definition) is 0. The summed E-state index contributed by atoms with van der Waals surface area (Å²) in [6, 6.07) is 17.5. The van der Waals surface area contributed by atoms with E-state index < -0.39 is 0 Å². The van der Waals surface area contributed by atoms with Crippen molar-refractivity contribution in [1.82, 2.24) is 10.0 Å². The van der Waals surface area contributed by atoms with Crippen molar-refractivity contribution in [3.63, 3.8) is 0 Å². The number of fused-ring (bicyclic) bond motifs is 1. The molecule has 0 unspecified atom stereocenters. The number of nitrogens with zero attached hydrogens (tertiary/aromatic N) is 2. The molecule has 25 heavy (non-hydrogen) atoms. The summed E-state index contributed by atoms with van der Waals surface area (Å²) in [5.74, 6) is -0.242. The molecular weight excluding hydrogens is 316 g/mol. The van der Waals surface area contributed by atoms with Crippen molar-refractivity contribution in [2.24, 2.45) is 0 Å². The third-order valence-corrected chi connectivity index (χ3v) is 4.70. The zero-order valence-electron chi connectivity index (χ0n) is 13.9. The highest BCUT2D eigenvalue weighted by Gasteiger charge is 2.41. The van der Waals surface area contributed by atoms with Gasteiger partial charge in [0.15, 0.2) is 0 Å². The van der Waals surface area contributed by atoms with E-state index in [2.05, 4.69) is 17.1 Å². The minimum absolute atomic E-state index is 0.00312. The van der Waals surface area contributed by atoms with E-state index in [0.717, 1.165) is 16.7 Å². The molecule has 1 atom stereocenters. The molecule has 0 bridgehead atoms. The average molecular weight is 334 g/mol. The number of carbonyl (C=O) groups is 2. The molecule has 2 aromatic rings. The number of methoxy groups -OCH3 is 1. The van der Waals surface area contributed by atoms with Crippen LogP contribution in [0.15, 0.2) is 60.8 Å². The van der Waals surface area contributed by atoms with Crippen LogP contribution < -0.4 is 0 Å². The van der Waals surface area contributed by atoms with Gasteiger partial charge in [-0.2, -0.15) is 0 Å². The monoisotopic (exact) mass is 334 g/mol. The molecular formula is C20H18N2O3. The largest absolute Gasteiger partial charge is 0.465 e. The summed E-state index contributed by atoms with van der Waals surface area (Å²) in [5.41, 5.74) is 3.69. The Morgan fingerprint density at radius 1 is 1.08 bits per heavy atom. The van der Waals surface area contributed by atoms with Gasteiger partial charge in [-0.1, -0.05) is 42.5 Å². The maximum Gasteiger partial charge on any atom is 0.337 e. The first-order chi connectivity index (χ1) is 12.2. The zero-order chi connectivity index (χ0) is 17.4. The van der Waals surface area contributed by atoms with E-state index in [1.165, 1.54) is 7.11 Å². The molecule has 1 amide bonds. The highest BCUT2D eigenvalue weighted by Crippen LogP contribution is 2.43. The number of rotatable bonds is 3. The summed E-state index contributed by atoms with van der Waals surface area (Å²) >= 11 is 0. The second kappa shape index (κ2) is 6.18. The standard InChI is InChI=1S/C20H18N2O3/c1-25-20(24)16-9-7-14(8-10-16)17-13-22-18(23)11-12-21(22)19(17)15-5-3-2-4-6-15/h2-10,13,19H,11-12H2,1H3/t19-/m1/s1. The first-order valence-electron chi connectivity index (χ1n) is 8.23. The summed E-state index contributed by atoms with van der Waals surface area (Å²) < 4.78 is 4.75. The lowest BCUT2D eigenvalue weighted by Crippen LogP contribution is -2.32. The molecule has 0 radical (unpaired) electrons. The third-order valence-electron chi connectivity index (χ3n) is 4.70. The van der Waals surface area contributed by atoms with Crippen molar-refractivity contribution in [2.45, 2.75) is 12.5 Å². The normalized spacial score (nSPS) is 19.7. The fourth-order valence-electron chi connectivity index (χ4n) is 3.47. The Morgan fingerprint density at radius 2 is 1.80 bits per heavy atom. The minimum Gasteiger partial charge on any atom is -0.465 e. The molecule has 5 heteroatoms. The predicted molar refractivity (Wildman–Crippen MR) is 93.1 cm³/mol. The van der Waals surface area contributed by atoms with E-state index in [1.807, 2.05) is 36.5 Å². The summed E-state index contributed by atoms with van der Waals surface area (Å²) in [4.78, 5) is 23.8. The third kappa shape index (κ3) is 2.62. The Morgan fingerprint density at radius 3 is 2.48 bits per heavy atom. The maximum atomic E-state index is 12.2. The molecule has 1 fully saturated rings. The fraction of sp³-hybridized carbons (Fsp3) is 0.200. The van der Waals surface area contributed by atoms with Crippen LogP contribution in [0, 0.1) is 0 Å². The lowest BCUT2D eigenvalue weighted by Gasteiger charge is -2.27. The topological polar surface area (TPSA) is 49.9 Å². The predicted octanol–water partition coefficient (Wildman–Crippen LogP) is 3.02. The number of ether oxygens (including phenoxy) is 1. The van der Waals surface area contributed by atoms with Crippen molar-refractivity contribution < 1.29 is 14.3 Å². The van der Waals surface area contributed by atoms with Crippen LogP contribution in [0.2, 0.25) is 0 Å². The molecule has 0 aromatic heterocycles. The quantitative estimate of drug-likeness (QED) is 0.810. The van der Waals surface area contributed by atoms with Crippen LogP contribution in [-0.4, -0.2) is 35.5 Å². The number of benzene rings is 2. The van der Waals surface area contributed by atoms with Crippen molar-refractivity contribution in [1.29, 1.82) is 0 Å². The van der Waals surface area contributed by atoms with Gasteiger partial charge < -0.3 is 4.74 Å². The maximum absolute atomic E-state index is 12.2. The number of hydrogen-bond acceptors (Lipinski definition) is 4. The minimum atomic E-state index is -0.355. The zero-order valence-corrected chi connectivity index (χ0v) is 13.9. The molecule has 0 spiro atoms. The van der Waals surface area contributed by atoms with Gasteiger partial charge in [0, 0.05) is 24.7 Å². The Kier molecular flexibility index (Phi) is 3.86. The van der Waals surface area contributed by atoms with Crippen LogP contribution in [-0.2, 0) is 9.53 Å². The van der Waals surface area contributed by atoms with Crippen molar-refractivity contribution in [3.05, 3.63) is 77.5 Å². The Hall–Kier alpha value is -2.92. The second-order valence-corrected chi connectivity index (χ2v) is 6.12. The lowest BCUT2D eigenvalue weighted by atomic mass is 9.93. The molecule has 5 nitrogen and oxygen atoms in total. The van der Waals surface area contributed by atoms with Crippen LogP contribution in [0.5, 0.6) is 0 Å². The molecule has 2 aliphatic rings. The van der Waals surface area contributed by atoms with Gasteiger partial charge >= 0.3 is 5.97 Å². The summed E-state index contributed by atoms with van der Waals surface area (Å²) in [6.07, 6.45) is 2.45. The Balaban J connectivity index is 1.74. The van der Waals surface area contributed by atoms with E-state index in [4.69, 9.17) is 4.74 Å². The molecule has 2 aliphatic heterocycles. The van der Waals surface area contributed by atoms with Crippen LogP contribution in [0.25, 0.3) is 5.57 Å². The first kappa shape index (κ1) is 15.6. The van der Waals surface area contributed by atoms with Gasteiger partial charge in [-0.05, 0) is 23.3 Å². The van der Waals surface area contributed by atoms with Crippen LogP contribution >= 0.6 is 0 Å². The molecule has 1 saturated heterocycles.